The third kappa shape index (κ3) is 2.48. The summed E-state index contributed by atoms with van der Waals surface area (Å²) in [6.45, 7) is -0.669. The average molecular weight is 203 g/mol. The zero-order valence-electron chi connectivity index (χ0n) is 7.67. The van der Waals surface area contributed by atoms with Crippen LogP contribution in [-0.2, 0) is 0 Å². The van der Waals surface area contributed by atoms with Crippen LogP contribution in [0, 0.1) is 0 Å². The SMILES string of the molecule is COc1cccc(OCC(F)F)c1N. The van der Waals surface area contributed by atoms with Crippen LogP contribution >= 0.6 is 0 Å². The summed E-state index contributed by atoms with van der Waals surface area (Å²) in [5, 5.41) is 0. The molecule has 0 fully saturated rings. The van der Waals surface area contributed by atoms with Crippen LogP contribution in [0.3, 0.4) is 0 Å². The number of ether oxygens (including phenoxy) is 2. The van der Waals surface area contributed by atoms with Crippen LogP contribution in [0.25, 0.3) is 0 Å². The van der Waals surface area contributed by atoms with Crippen LogP contribution in [0.5, 0.6) is 11.5 Å². The molecule has 0 heterocycles. The first-order valence-corrected chi connectivity index (χ1v) is 3.98. The summed E-state index contributed by atoms with van der Waals surface area (Å²) in [6, 6.07) is 4.76. The lowest BCUT2D eigenvalue weighted by Crippen LogP contribution is -2.08. The summed E-state index contributed by atoms with van der Waals surface area (Å²) in [7, 11) is 1.45. The first-order chi connectivity index (χ1) is 6.65. The first kappa shape index (κ1) is 10.6. The van der Waals surface area contributed by atoms with E-state index in [9.17, 15) is 8.78 Å². The van der Waals surface area contributed by atoms with Crippen molar-refractivity contribution in [3.05, 3.63) is 18.2 Å². The topological polar surface area (TPSA) is 44.5 Å². The molecule has 0 bridgehead atoms. The van der Waals surface area contributed by atoms with Gasteiger partial charge in [-0.05, 0) is 12.1 Å². The summed E-state index contributed by atoms with van der Waals surface area (Å²) in [4.78, 5) is 0. The van der Waals surface area contributed by atoms with Gasteiger partial charge in [0, 0.05) is 0 Å². The van der Waals surface area contributed by atoms with Gasteiger partial charge in [-0.25, -0.2) is 8.78 Å². The highest BCUT2D eigenvalue weighted by molar-refractivity contribution is 5.62. The molecule has 0 saturated carbocycles. The van der Waals surface area contributed by atoms with Gasteiger partial charge in [-0.2, -0.15) is 0 Å². The van der Waals surface area contributed by atoms with E-state index < -0.39 is 13.0 Å². The predicted molar refractivity (Wildman–Crippen MR) is 48.9 cm³/mol. The second kappa shape index (κ2) is 4.64. The van der Waals surface area contributed by atoms with Crippen molar-refractivity contribution in [2.24, 2.45) is 0 Å². The summed E-state index contributed by atoms with van der Waals surface area (Å²) < 4.78 is 33.4. The quantitative estimate of drug-likeness (QED) is 0.760. The summed E-state index contributed by atoms with van der Waals surface area (Å²) in [5.41, 5.74) is 5.82. The fourth-order valence-electron chi connectivity index (χ4n) is 0.981. The molecule has 1 aromatic rings. The number of halogens is 2. The minimum atomic E-state index is -2.51. The fourth-order valence-corrected chi connectivity index (χ4v) is 0.981. The van der Waals surface area contributed by atoms with Crippen molar-refractivity contribution in [1.29, 1.82) is 0 Å². The molecular formula is C9H11F2NO2. The lowest BCUT2D eigenvalue weighted by Gasteiger charge is -2.10. The van der Waals surface area contributed by atoms with Crippen molar-refractivity contribution >= 4 is 5.69 Å². The van der Waals surface area contributed by atoms with E-state index >= 15 is 0 Å². The molecule has 78 valence electrons. The van der Waals surface area contributed by atoms with E-state index in [1.165, 1.54) is 13.2 Å². The molecule has 0 aliphatic rings. The second-order valence-electron chi connectivity index (χ2n) is 2.57. The normalized spacial score (nSPS) is 10.3. The van der Waals surface area contributed by atoms with E-state index in [0.29, 0.717) is 5.75 Å². The van der Waals surface area contributed by atoms with Crippen LogP contribution in [-0.4, -0.2) is 20.1 Å². The number of anilines is 1. The van der Waals surface area contributed by atoms with Gasteiger partial charge < -0.3 is 15.2 Å². The minimum absolute atomic E-state index is 0.213. The van der Waals surface area contributed by atoms with Crippen molar-refractivity contribution in [3.63, 3.8) is 0 Å². The Bertz CT molecular complexity index is 305. The number of alkyl halides is 2. The van der Waals surface area contributed by atoms with Crippen LogP contribution in [0.4, 0.5) is 14.5 Å². The zero-order chi connectivity index (χ0) is 10.6. The molecule has 0 aliphatic carbocycles. The first-order valence-electron chi connectivity index (χ1n) is 3.98. The van der Waals surface area contributed by atoms with E-state index in [-0.39, 0.29) is 11.4 Å². The number of methoxy groups -OCH3 is 1. The third-order valence-corrected chi connectivity index (χ3v) is 1.61. The largest absolute Gasteiger partial charge is 0.494 e. The third-order valence-electron chi connectivity index (χ3n) is 1.61. The lowest BCUT2D eigenvalue weighted by molar-refractivity contribution is 0.0822. The molecule has 0 aliphatic heterocycles. The van der Waals surface area contributed by atoms with Gasteiger partial charge >= 0.3 is 0 Å². The minimum Gasteiger partial charge on any atom is -0.494 e. The summed E-state index contributed by atoms with van der Waals surface area (Å²) in [6.07, 6.45) is -2.51. The highest BCUT2D eigenvalue weighted by Crippen LogP contribution is 2.30. The fraction of sp³-hybridized carbons (Fsp3) is 0.333. The van der Waals surface area contributed by atoms with Crippen LogP contribution in [0.15, 0.2) is 18.2 Å². The zero-order valence-corrected chi connectivity index (χ0v) is 7.67. The average Bonchev–Trinajstić information content (AvgIpc) is 2.16. The van der Waals surface area contributed by atoms with Crippen LogP contribution < -0.4 is 15.2 Å². The van der Waals surface area contributed by atoms with E-state index in [0.717, 1.165) is 0 Å². The molecule has 1 rings (SSSR count). The molecule has 3 nitrogen and oxygen atoms in total. The molecule has 0 spiro atoms. The van der Waals surface area contributed by atoms with Gasteiger partial charge in [0.2, 0.25) is 0 Å². The highest BCUT2D eigenvalue weighted by Gasteiger charge is 2.08. The molecule has 14 heavy (non-hydrogen) atoms. The Morgan fingerprint density at radius 2 is 2.00 bits per heavy atom. The Balaban J connectivity index is 2.76. The molecular weight excluding hydrogens is 192 g/mol. The molecule has 0 radical (unpaired) electrons. The Kier molecular flexibility index (Phi) is 3.50. The van der Waals surface area contributed by atoms with Gasteiger partial charge in [0.1, 0.15) is 23.8 Å². The van der Waals surface area contributed by atoms with Gasteiger partial charge in [-0.3, -0.25) is 0 Å². The molecule has 0 saturated heterocycles. The Morgan fingerprint density at radius 3 is 2.57 bits per heavy atom. The monoisotopic (exact) mass is 203 g/mol. The van der Waals surface area contributed by atoms with Crippen molar-refractivity contribution in [2.45, 2.75) is 6.43 Å². The maximum Gasteiger partial charge on any atom is 0.272 e. The van der Waals surface area contributed by atoms with E-state index in [4.69, 9.17) is 15.2 Å². The Hall–Kier alpha value is -1.52. The highest BCUT2D eigenvalue weighted by atomic mass is 19.3. The van der Waals surface area contributed by atoms with Gasteiger partial charge in [0.25, 0.3) is 6.43 Å². The molecule has 5 heteroatoms. The molecule has 0 amide bonds. The molecule has 0 unspecified atom stereocenters. The van der Waals surface area contributed by atoms with E-state index in [2.05, 4.69) is 0 Å². The molecule has 0 atom stereocenters. The van der Waals surface area contributed by atoms with Crippen molar-refractivity contribution in [1.82, 2.24) is 0 Å². The summed E-state index contributed by atoms with van der Waals surface area (Å²) in [5.74, 6) is 0.626. The van der Waals surface area contributed by atoms with Crippen molar-refractivity contribution in [3.8, 4) is 11.5 Å². The number of benzene rings is 1. The number of nitrogen functional groups attached to an aromatic ring is 1. The van der Waals surface area contributed by atoms with Gasteiger partial charge in [0.15, 0.2) is 0 Å². The van der Waals surface area contributed by atoms with Gasteiger partial charge in [0.05, 0.1) is 7.11 Å². The standard InChI is InChI=1S/C9H11F2NO2/c1-13-6-3-2-4-7(9(6)12)14-5-8(10)11/h2-4,8H,5,12H2,1H3. The number of hydrogen-bond donors (Lipinski definition) is 1. The maximum atomic E-state index is 11.8. The van der Waals surface area contributed by atoms with Crippen molar-refractivity contribution in [2.75, 3.05) is 19.5 Å². The number of para-hydroxylation sites is 1. The lowest BCUT2D eigenvalue weighted by atomic mass is 10.3. The van der Waals surface area contributed by atoms with Crippen LogP contribution in [0.1, 0.15) is 0 Å². The van der Waals surface area contributed by atoms with Gasteiger partial charge in [-0.1, -0.05) is 6.07 Å². The van der Waals surface area contributed by atoms with E-state index in [1.54, 1.807) is 12.1 Å². The number of rotatable bonds is 4. The van der Waals surface area contributed by atoms with Crippen LogP contribution in [0.2, 0.25) is 0 Å². The Labute approximate surface area is 80.4 Å². The predicted octanol–water partition coefficient (Wildman–Crippen LogP) is 1.92. The number of nitrogens with two attached hydrogens (primary N) is 1. The van der Waals surface area contributed by atoms with Gasteiger partial charge in [-0.15, -0.1) is 0 Å². The van der Waals surface area contributed by atoms with E-state index in [1.807, 2.05) is 0 Å². The molecule has 0 aromatic heterocycles. The maximum absolute atomic E-state index is 11.8. The molecule has 2 N–H and O–H groups in total. The second-order valence-corrected chi connectivity index (χ2v) is 2.57. The summed E-state index contributed by atoms with van der Waals surface area (Å²) >= 11 is 0. The van der Waals surface area contributed by atoms with Crippen molar-refractivity contribution < 1.29 is 18.3 Å². The Morgan fingerprint density at radius 1 is 1.36 bits per heavy atom. The molecule has 1 aromatic carbocycles. The smallest absolute Gasteiger partial charge is 0.272 e. The number of hydrogen-bond acceptors (Lipinski definition) is 3.